The number of amides is 1. The molecule has 110 valence electrons. The minimum atomic E-state index is -0.159. The lowest BCUT2D eigenvalue weighted by Gasteiger charge is -2.23. The predicted octanol–water partition coefficient (Wildman–Crippen LogP) is 2.59. The zero-order valence-corrected chi connectivity index (χ0v) is 12.3. The van der Waals surface area contributed by atoms with Gasteiger partial charge in [0.25, 0.3) is 5.91 Å². The molecular weight excluding hydrogens is 292 g/mol. The summed E-state index contributed by atoms with van der Waals surface area (Å²) < 4.78 is 5.30. The zero-order chi connectivity index (χ0) is 15.0. The van der Waals surface area contributed by atoms with Crippen molar-refractivity contribution in [3.8, 4) is 0 Å². The number of pyridine rings is 1. The van der Waals surface area contributed by atoms with Gasteiger partial charge in [-0.15, -0.1) is 0 Å². The SMILES string of the molecule is Cc1cc(C2CCCN2C(=O)c2cc(Cl)ncc2N)on1. The van der Waals surface area contributed by atoms with Crippen LogP contribution in [0.2, 0.25) is 5.15 Å². The molecule has 1 unspecified atom stereocenters. The number of hydrogen-bond acceptors (Lipinski definition) is 5. The quantitative estimate of drug-likeness (QED) is 0.862. The summed E-state index contributed by atoms with van der Waals surface area (Å²) in [7, 11) is 0. The largest absolute Gasteiger partial charge is 0.397 e. The molecule has 0 bridgehead atoms. The molecule has 1 fully saturated rings. The fourth-order valence-corrected chi connectivity index (χ4v) is 2.78. The van der Waals surface area contributed by atoms with E-state index in [1.807, 2.05) is 13.0 Å². The minimum Gasteiger partial charge on any atom is -0.397 e. The van der Waals surface area contributed by atoms with Crippen LogP contribution in [-0.4, -0.2) is 27.5 Å². The Morgan fingerprint density at radius 2 is 2.33 bits per heavy atom. The van der Waals surface area contributed by atoms with Crippen molar-refractivity contribution in [1.29, 1.82) is 0 Å². The number of nitrogen functional groups attached to an aromatic ring is 1. The van der Waals surface area contributed by atoms with Crippen molar-refractivity contribution in [3.63, 3.8) is 0 Å². The third-order valence-electron chi connectivity index (χ3n) is 3.62. The molecule has 1 amide bonds. The molecule has 2 N–H and O–H groups in total. The first-order chi connectivity index (χ1) is 10.1. The van der Waals surface area contributed by atoms with Crippen LogP contribution in [0.1, 0.15) is 40.7 Å². The Kier molecular flexibility index (Phi) is 3.55. The van der Waals surface area contributed by atoms with E-state index in [2.05, 4.69) is 10.1 Å². The minimum absolute atomic E-state index is 0.106. The average molecular weight is 307 g/mol. The molecule has 6 nitrogen and oxygen atoms in total. The van der Waals surface area contributed by atoms with E-state index in [9.17, 15) is 4.79 Å². The standard InChI is InChI=1S/C14H15ClN4O2/c1-8-5-12(21-18-8)11-3-2-4-19(11)14(20)9-6-13(15)17-7-10(9)16/h5-7,11H,2-4,16H2,1H3. The van der Waals surface area contributed by atoms with Crippen LogP contribution < -0.4 is 5.73 Å². The average Bonchev–Trinajstić information content (AvgIpc) is 3.09. The first-order valence-corrected chi connectivity index (χ1v) is 7.09. The van der Waals surface area contributed by atoms with Gasteiger partial charge in [0.2, 0.25) is 0 Å². The molecule has 0 saturated carbocycles. The fourth-order valence-electron chi connectivity index (χ4n) is 2.63. The number of nitrogens with two attached hydrogens (primary N) is 1. The highest BCUT2D eigenvalue weighted by Crippen LogP contribution is 2.34. The van der Waals surface area contributed by atoms with Crippen LogP contribution in [0.15, 0.2) is 22.9 Å². The molecular formula is C14H15ClN4O2. The Hall–Kier alpha value is -2.08. The van der Waals surface area contributed by atoms with E-state index in [1.165, 1.54) is 12.3 Å². The summed E-state index contributed by atoms with van der Waals surface area (Å²) in [5.41, 5.74) is 7.34. The molecule has 2 aromatic rings. The maximum Gasteiger partial charge on any atom is 0.256 e. The van der Waals surface area contributed by atoms with Gasteiger partial charge in [0.05, 0.1) is 29.2 Å². The molecule has 0 spiro atoms. The normalized spacial score (nSPS) is 18.2. The molecule has 3 rings (SSSR count). The highest BCUT2D eigenvalue weighted by molar-refractivity contribution is 6.29. The van der Waals surface area contributed by atoms with Crippen LogP contribution in [0.3, 0.4) is 0 Å². The van der Waals surface area contributed by atoms with E-state index in [0.717, 1.165) is 18.5 Å². The van der Waals surface area contributed by atoms with Gasteiger partial charge in [-0.2, -0.15) is 0 Å². The second-order valence-electron chi connectivity index (χ2n) is 5.12. The van der Waals surface area contributed by atoms with Crippen molar-refractivity contribution in [1.82, 2.24) is 15.0 Å². The maximum atomic E-state index is 12.7. The Morgan fingerprint density at radius 1 is 1.52 bits per heavy atom. The van der Waals surface area contributed by atoms with E-state index in [-0.39, 0.29) is 17.1 Å². The number of anilines is 1. The summed E-state index contributed by atoms with van der Waals surface area (Å²) in [4.78, 5) is 18.3. The number of halogens is 1. The van der Waals surface area contributed by atoms with E-state index in [4.69, 9.17) is 21.9 Å². The summed E-state index contributed by atoms with van der Waals surface area (Å²) in [6.07, 6.45) is 3.16. The van der Waals surface area contributed by atoms with Crippen molar-refractivity contribution in [3.05, 3.63) is 40.5 Å². The molecule has 21 heavy (non-hydrogen) atoms. The zero-order valence-electron chi connectivity index (χ0n) is 11.5. The highest BCUT2D eigenvalue weighted by atomic mass is 35.5. The number of aromatic nitrogens is 2. The Bertz CT molecular complexity index is 685. The Balaban J connectivity index is 1.91. The lowest BCUT2D eigenvalue weighted by Crippen LogP contribution is -2.31. The van der Waals surface area contributed by atoms with Gasteiger partial charge >= 0.3 is 0 Å². The highest BCUT2D eigenvalue weighted by Gasteiger charge is 2.34. The van der Waals surface area contributed by atoms with Crippen LogP contribution in [-0.2, 0) is 0 Å². The lowest BCUT2D eigenvalue weighted by molar-refractivity contribution is 0.0715. The van der Waals surface area contributed by atoms with Crippen molar-refractivity contribution >= 4 is 23.2 Å². The molecule has 3 heterocycles. The molecule has 1 atom stereocenters. The van der Waals surface area contributed by atoms with Crippen LogP contribution in [0.5, 0.6) is 0 Å². The van der Waals surface area contributed by atoms with Gasteiger partial charge in [0.1, 0.15) is 5.15 Å². The number of hydrogen-bond donors (Lipinski definition) is 1. The van der Waals surface area contributed by atoms with Gasteiger partial charge in [-0.05, 0) is 25.8 Å². The second-order valence-corrected chi connectivity index (χ2v) is 5.51. The Morgan fingerprint density at radius 3 is 3.05 bits per heavy atom. The van der Waals surface area contributed by atoms with Gasteiger partial charge < -0.3 is 15.2 Å². The predicted molar refractivity (Wildman–Crippen MR) is 77.9 cm³/mol. The number of nitrogens with zero attached hydrogens (tertiary/aromatic N) is 3. The van der Waals surface area contributed by atoms with Gasteiger partial charge in [-0.1, -0.05) is 16.8 Å². The van der Waals surface area contributed by atoms with E-state index < -0.39 is 0 Å². The molecule has 2 aromatic heterocycles. The van der Waals surface area contributed by atoms with Gasteiger partial charge in [-0.25, -0.2) is 4.98 Å². The summed E-state index contributed by atoms with van der Waals surface area (Å²) in [6, 6.07) is 3.25. The first kappa shape index (κ1) is 13.9. The van der Waals surface area contributed by atoms with Gasteiger partial charge in [0, 0.05) is 12.6 Å². The summed E-state index contributed by atoms with van der Waals surface area (Å²) in [5.74, 6) is 0.547. The van der Waals surface area contributed by atoms with Crippen molar-refractivity contribution < 1.29 is 9.32 Å². The molecule has 1 saturated heterocycles. The second kappa shape index (κ2) is 5.37. The van der Waals surface area contributed by atoms with Crippen LogP contribution in [0.4, 0.5) is 5.69 Å². The number of aryl methyl sites for hydroxylation is 1. The smallest absolute Gasteiger partial charge is 0.256 e. The summed E-state index contributed by atoms with van der Waals surface area (Å²) in [6.45, 7) is 2.51. The third kappa shape index (κ3) is 2.58. The number of carbonyl (C=O) groups is 1. The molecule has 0 radical (unpaired) electrons. The molecule has 1 aliphatic rings. The molecule has 0 aromatic carbocycles. The molecule has 0 aliphatic carbocycles. The topological polar surface area (TPSA) is 85.2 Å². The number of rotatable bonds is 2. The van der Waals surface area contributed by atoms with Crippen LogP contribution >= 0.6 is 11.6 Å². The number of carbonyl (C=O) groups excluding carboxylic acids is 1. The number of likely N-dealkylation sites (tertiary alicyclic amines) is 1. The maximum absolute atomic E-state index is 12.7. The van der Waals surface area contributed by atoms with Crippen molar-refractivity contribution in [2.75, 3.05) is 12.3 Å². The van der Waals surface area contributed by atoms with Gasteiger partial charge in [0.15, 0.2) is 5.76 Å². The van der Waals surface area contributed by atoms with Crippen LogP contribution in [0.25, 0.3) is 0 Å². The van der Waals surface area contributed by atoms with Crippen molar-refractivity contribution in [2.24, 2.45) is 0 Å². The van der Waals surface area contributed by atoms with Crippen molar-refractivity contribution in [2.45, 2.75) is 25.8 Å². The van der Waals surface area contributed by atoms with Gasteiger partial charge in [-0.3, -0.25) is 4.79 Å². The van der Waals surface area contributed by atoms with E-state index in [0.29, 0.717) is 23.6 Å². The molecule has 7 heteroatoms. The lowest BCUT2D eigenvalue weighted by atomic mass is 10.1. The van der Waals surface area contributed by atoms with E-state index in [1.54, 1.807) is 4.90 Å². The van der Waals surface area contributed by atoms with Crippen LogP contribution in [0, 0.1) is 6.92 Å². The third-order valence-corrected chi connectivity index (χ3v) is 3.83. The Labute approximate surface area is 126 Å². The van der Waals surface area contributed by atoms with E-state index >= 15 is 0 Å². The summed E-state index contributed by atoms with van der Waals surface area (Å²) in [5, 5.41) is 4.14. The molecule has 1 aliphatic heterocycles. The monoisotopic (exact) mass is 306 g/mol. The first-order valence-electron chi connectivity index (χ1n) is 6.71. The summed E-state index contributed by atoms with van der Waals surface area (Å²) >= 11 is 5.86. The fraction of sp³-hybridized carbons (Fsp3) is 0.357.